The van der Waals surface area contributed by atoms with Crippen molar-refractivity contribution in [2.45, 2.75) is 26.8 Å². The summed E-state index contributed by atoms with van der Waals surface area (Å²) in [5.41, 5.74) is 3.01. The molecule has 0 spiro atoms. The lowest BCUT2D eigenvalue weighted by Gasteiger charge is -2.09. The van der Waals surface area contributed by atoms with Crippen molar-refractivity contribution in [2.24, 2.45) is 5.92 Å². The van der Waals surface area contributed by atoms with Crippen LogP contribution in [0.25, 0.3) is 11.3 Å². The largest absolute Gasteiger partial charge is 0.497 e. The van der Waals surface area contributed by atoms with Crippen LogP contribution in [-0.2, 0) is 13.0 Å². The van der Waals surface area contributed by atoms with E-state index in [0.29, 0.717) is 22.9 Å². The van der Waals surface area contributed by atoms with Gasteiger partial charge in [0.2, 0.25) is 0 Å². The number of rotatable bonds is 7. The standard InChI is InChI=1S/C23H24N2O3/c1-16(2)13-17-7-9-18(10-8-17)21-11-12-23(27)25(24-21)15-22(26)19-5-4-6-20(14-19)28-3/h4-12,14,16H,13,15H2,1-3H3. The molecular formula is C23H24N2O3. The van der Waals surface area contributed by atoms with Gasteiger partial charge in [0.25, 0.3) is 5.56 Å². The Bertz CT molecular complexity index is 1020. The zero-order chi connectivity index (χ0) is 20.1. The number of nitrogens with zero attached hydrogens (tertiary/aromatic N) is 2. The number of ether oxygens (including phenoxy) is 1. The summed E-state index contributed by atoms with van der Waals surface area (Å²) < 4.78 is 6.36. The van der Waals surface area contributed by atoms with E-state index in [9.17, 15) is 9.59 Å². The van der Waals surface area contributed by atoms with E-state index in [1.54, 1.807) is 37.4 Å². The Morgan fingerprint density at radius 3 is 2.50 bits per heavy atom. The van der Waals surface area contributed by atoms with Gasteiger partial charge in [0.1, 0.15) is 12.3 Å². The molecule has 1 aromatic heterocycles. The van der Waals surface area contributed by atoms with Gasteiger partial charge in [-0.1, -0.05) is 50.2 Å². The summed E-state index contributed by atoms with van der Waals surface area (Å²) >= 11 is 0. The molecule has 3 aromatic rings. The van der Waals surface area contributed by atoms with Crippen molar-refractivity contribution < 1.29 is 9.53 Å². The molecule has 1 heterocycles. The first-order valence-corrected chi connectivity index (χ1v) is 9.31. The molecule has 0 N–H and O–H groups in total. The van der Waals surface area contributed by atoms with Crippen molar-refractivity contribution >= 4 is 5.78 Å². The highest BCUT2D eigenvalue weighted by Gasteiger charge is 2.11. The third kappa shape index (κ3) is 4.74. The Morgan fingerprint density at radius 1 is 1.07 bits per heavy atom. The van der Waals surface area contributed by atoms with Crippen LogP contribution in [0.2, 0.25) is 0 Å². The average molecular weight is 376 g/mol. The first-order valence-electron chi connectivity index (χ1n) is 9.31. The summed E-state index contributed by atoms with van der Waals surface area (Å²) in [6.07, 6.45) is 1.02. The average Bonchev–Trinajstić information content (AvgIpc) is 2.70. The zero-order valence-electron chi connectivity index (χ0n) is 16.4. The zero-order valence-corrected chi connectivity index (χ0v) is 16.4. The molecule has 0 aliphatic heterocycles. The Balaban J connectivity index is 1.83. The van der Waals surface area contributed by atoms with Gasteiger partial charge >= 0.3 is 0 Å². The van der Waals surface area contributed by atoms with Crippen LogP contribution in [0, 0.1) is 5.92 Å². The second-order valence-electron chi connectivity index (χ2n) is 7.16. The van der Waals surface area contributed by atoms with Crippen LogP contribution in [0.5, 0.6) is 5.75 Å². The molecule has 0 atom stereocenters. The van der Waals surface area contributed by atoms with Crippen LogP contribution < -0.4 is 10.3 Å². The summed E-state index contributed by atoms with van der Waals surface area (Å²) in [5, 5.41) is 4.39. The predicted octanol–water partition coefficient (Wildman–Crippen LogP) is 4.00. The van der Waals surface area contributed by atoms with E-state index in [-0.39, 0.29) is 17.9 Å². The van der Waals surface area contributed by atoms with Crippen molar-refractivity contribution in [1.29, 1.82) is 0 Å². The van der Waals surface area contributed by atoms with E-state index in [4.69, 9.17) is 4.74 Å². The third-order valence-corrected chi connectivity index (χ3v) is 4.45. The van der Waals surface area contributed by atoms with Crippen molar-refractivity contribution in [3.63, 3.8) is 0 Å². The van der Waals surface area contributed by atoms with E-state index in [1.165, 1.54) is 16.3 Å². The highest BCUT2D eigenvalue weighted by atomic mass is 16.5. The normalized spacial score (nSPS) is 10.9. The first-order chi connectivity index (χ1) is 13.5. The fourth-order valence-corrected chi connectivity index (χ4v) is 3.02. The van der Waals surface area contributed by atoms with Gasteiger partial charge in [-0.3, -0.25) is 9.59 Å². The molecule has 2 aromatic carbocycles. The minimum absolute atomic E-state index is 0.120. The van der Waals surface area contributed by atoms with Gasteiger partial charge in [0.05, 0.1) is 12.8 Å². The number of ketones is 1. The van der Waals surface area contributed by atoms with Crippen molar-refractivity contribution in [3.05, 3.63) is 82.1 Å². The van der Waals surface area contributed by atoms with Crippen molar-refractivity contribution in [3.8, 4) is 17.0 Å². The third-order valence-electron chi connectivity index (χ3n) is 4.45. The molecule has 3 rings (SSSR count). The van der Waals surface area contributed by atoms with Crippen LogP contribution in [0.1, 0.15) is 29.8 Å². The lowest BCUT2D eigenvalue weighted by atomic mass is 10.0. The van der Waals surface area contributed by atoms with Gasteiger partial charge in [0.15, 0.2) is 5.78 Å². The fourth-order valence-electron chi connectivity index (χ4n) is 3.02. The van der Waals surface area contributed by atoms with Crippen LogP contribution in [0.4, 0.5) is 0 Å². The number of methoxy groups -OCH3 is 1. The lowest BCUT2D eigenvalue weighted by Crippen LogP contribution is -2.26. The minimum atomic E-state index is -0.309. The predicted molar refractivity (Wildman–Crippen MR) is 110 cm³/mol. The molecule has 0 amide bonds. The topological polar surface area (TPSA) is 61.2 Å². The number of benzene rings is 2. The van der Waals surface area contributed by atoms with E-state index < -0.39 is 0 Å². The number of Topliss-reactive ketones (excluding diaryl/α,β-unsaturated/α-hetero) is 1. The highest BCUT2D eigenvalue weighted by Crippen LogP contribution is 2.18. The quantitative estimate of drug-likeness (QED) is 0.585. The number of carbonyl (C=O) groups is 1. The van der Waals surface area contributed by atoms with Gasteiger partial charge in [-0.15, -0.1) is 0 Å². The maximum Gasteiger partial charge on any atom is 0.267 e. The molecule has 0 saturated carbocycles. The second kappa shape index (κ2) is 8.65. The minimum Gasteiger partial charge on any atom is -0.497 e. The van der Waals surface area contributed by atoms with Gasteiger partial charge in [-0.05, 0) is 36.1 Å². The summed E-state index contributed by atoms with van der Waals surface area (Å²) in [4.78, 5) is 24.8. The molecule has 5 heteroatoms. The summed E-state index contributed by atoms with van der Waals surface area (Å²) in [5.74, 6) is 0.993. The lowest BCUT2D eigenvalue weighted by molar-refractivity contribution is 0.0965. The number of hydrogen-bond acceptors (Lipinski definition) is 4. The molecule has 0 aliphatic carbocycles. The van der Waals surface area contributed by atoms with Crippen molar-refractivity contribution in [2.75, 3.05) is 7.11 Å². The SMILES string of the molecule is COc1cccc(C(=O)Cn2nc(-c3ccc(CC(C)C)cc3)ccc2=O)c1. The summed E-state index contributed by atoms with van der Waals surface area (Å²) in [7, 11) is 1.55. The Kier molecular flexibility index (Phi) is 6.04. The number of hydrogen-bond donors (Lipinski definition) is 0. The number of carbonyl (C=O) groups excluding carboxylic acids is 1. The van der Waals surface area contributed by atoms with E-state index in [0.717, 1.165) is 12.0 Å². The van der Waals surface area contributed by atoms with Gasteiger partial charge in [-0.2, -0.15) is 5.10 Å². The summed E-state index contributed by atoms with van der Waals surface area (Å²) in [6.45, 7) is 4.25. The monoisotopic (exact) mass is 376 g/mol. The van der Waals surface area contributed by atoms with Crippen molar-refractivity contribution in [1.82, 2.24) is 9.78 Å². The van der Waals surface area contributed by atoms with Crippen LogP contribution >= 0.6 is 0 Å². The Labute approximate surface area is 164 Å². The second-order valence-corrected chi connectivity index (χ2v) is 7.16. The van der Waals surface area contributed by atoms with Crippen LogP contribution in [0.3, 0.4) is 0 Å². The molecule has 0 saturated heterocycles. The molecule has 0 bridgehead atoms. The Morgan fingerprint density at radius 2 is 1.82 bits per heavy atom. The molecular weight excluding hydrogens is 352 g/mol. The van der Waals surface area contributed by atoms with E-state index >= 15 is 0 Å². The maximum absolute atomic E-state index is 12.6. The molecule has 0 unspecified atom stereocenters. The maximum atomic E-state index is 12.6. The van der Waals surface area contributed by atoms with Gasteiger partial charge in [0, 0.05) is 17.2 Å². The summed E-state index contributed by atoms with van der Waals surface area (Å²) in [6, 6.07) is 18.2. The molecule has 28 heavy (non-hydrogen) atoms. The van der Waals surface area contributed by atoms with Crippen LogP contribution in [0.15, 0.2) is 65.5 Å². The molecule has 144 valence electrons. The Hall–Kier alpha value is -3.21. The smallest absolute Gasteiger partial charge is 0.267 e. The molecule has 0 radical (unpaired) electrons. The molecule has 0 fully saturated rings. The van der Waals surface area contributed by atoms with Gasteiger partial charge in [-0.25, -0.2) is 4.68 Å². The van der Waals surface area contributed by atoms with E-state index in [1.807, 2.05) is 12.1 Å². The molecule has 0 aliphatic rings. The first kappa shape index (κ1) is 19.5. The fraction of sp³-hybridized carbons (Fsp3) is 0.261. The van der Waals surface area contributed by atoms with E-state index in [2.05, 4.69) is 31.1 Å². The highest BCUT2D eigenvalue weighted by molar-refractivity contribution is 5.96. The number of aromatic nitrogens is 2. The molecule has 5 nitrogen and oxygen atoms in total. The van der Waals surface area contributed by atoms with Crippen LogP contribution in [-0.4, -0.2) is 22.7 Å². The van der Waals surface area contributed by atoms with Gasteiger partial charge < -0.3 is 4.74 Å².